The zero-order chi connectivity index (χ0) is 25.3. The molecule has 1 aliphatic rings. The van der Waals surface area contributed by atoms with Crippen molar-refractivity contribution in [2.75, 3.05) is 6.61 Å². The Morgan fingerprint density at radius 1 is 0.694 bits per heavy atom. The van der Waals surface area contributed by atoms with Gasteiger partial charge in [-0.3, -0.25) is 0 Å². The first-order chi connectivity index (χ1) is 17.8. The zero-order valence-electron chi connectivity index (χ0n) is 22.9. The summed E-state index contributed by atoms with van der Waals surface area (Å²) in [5, 5.41) is 0. The molecular formula is C35H50O. The lowest BCUT2D eigenvalue weighted by atomic mass is 9.78. The number of hydrogen-bond acceptors (Lipinski definition) is 1. The summed E-state index contributed by atoms with van der Waals surface area (Å²) in [6.45, 7) is 7.28. The summed E-state index contributed by atoms with van der Waals surface area (Å²) in [6, 6.07) is 18.4. The standard InChI is InChI=1S/C35H50O/c1-3-5-11-30-16-18-31(19-17-30)12-7-8-13-32-20-22-33(23-21-32)14-9-10-15-34-24-26-35(27-25-34)29-36-28-6-4-2/h3-4,6,20-27,30-31H,1,5,7-19,28-29H2,2H3. The van der Waals surface area contributed by atoms with E-state index in [0.717, 1.165) is 18.3 Å². The van der Waals surface area contributed by atoms with Crippen molar-refractivity contribution in [1.29, 1.82) is 0 Å². The summed E-state index contributed by atoms with van der Waals surface area (Å²) in [5.74, 6) is 1.97. The van der Waals surface area contributed by atoms with E-state index in [9.17, 15) is 0 Å². The highest BCUT2D eigenvalue weighted by Gasteiger charge is 2.20. The van der Waals surface area contributed by atoms with E-state index in [1.165, 1.54) is 106 Å². The van der Waals surface area contributed by atoms with Gasteiger partial charge in [0.25, 0.3) is 0 Å². The van der Waals surface area contributed by atoms with Gasteiger partial charge in [0.05, 0.1) is 13.2 Å². The summed E-state index contributed by atoms with van der Waals surface area (Å²) in [6.07, 6.45) is 24.8. The lowest BCUT2D eigenvalue weighted by molar-refractivity contribution is 0.148. The lowest BCUT2D eigenvalue weighted by Crippen LogP contribution is -2.14. The molecule has 0 aromatic heterocycles. The smallest absolute Gasteiger partial charge is 0.0721 e. The van der Waals surface area contributed by atoms with Gasteiger partial charge < -0.3 is 4.74 Å². The van der Waals surface area contributed by atoms with Crippen molar-refractivity contribution >= 4 is 0 Å². The average molecular weight is 487 g/mol. The Hall–Kier alpha value is -2.12. The molecule has 3 rings (SSSR count). The van der Waals surface area contributed by atoms with Crippen molar-refractivity contribution in [3.63, 3.8) is 0 Å². The van der Waals surface area contributed by atoms with Crippen LogP contribution in [-0.2, 0) is 30.6 Å². The van der Waals surface area contributed by atoms with Crippen molar-refractivity contribution in [2.45, 2.75) is 103 Å². The van der Waals surface area contributed by atoms with E-state index >= 15 is 0 Å². The molecule has 0 amide bonds. The molecule has 1 aliphatic carbocycles. The van der Waals surface area contributed by atoms with Crippen LogP contribution in [0, 0.1) is 11.8 Å². The van der Waals surface area contributed by atoms with Gasteiger partial charge in [-0.2, -0.15) is 0 Å². The predicted molar refractivity (Wildman–Crippen MR) is 156 cm³/mol. The molecule has 1 fully saturated rings. The van der Waals surface area contributed by atoms with Crippen LogP contribution >= 0.6 is 0 Å². The third-order valence-electron chi connectivity index (χ3n) is 8.02. The maximum atomic E-state index is 5.63. The SMILES string of the molecule is C=CCCC1CCC(CCCCc2ccc(CCCCc3ccc(COCC=CC)cc3)cc2)CC1. The van der Waals surface area contributed by atoms with Gasteiger partial charge in [-0.15, -0.1) is 6.58 Å². The van der Waals surface area contributed by atoms with Crippen LogP contribution in [0.15, 0.2) is 73.3 Å². The molecule has 0 atom stereocenters. The van der Waals surface area contributed by atoms with Crippen LogP contribution in [-0.4, -0.2) is 6.61 Å². The van der Waals surface area contributed by atoms with Gasteiger partial charge in [0.2, 0.25) is 0 Å². The molecule has 0 N–H and O–H groups in total. The predicted octanol–water partition coefficient (Wildman–Crippen LogP) is 9.83. The summed E-state index contributed by atoms with van der Waals surface area (Å²) < 4.78 is 5.63. The maximum Gasteiger partial charge on any atom is 0.0721 e. The van der Waals surface area contributed by atoms with Crippen LogP contribution < -0.4 is 0 Å². The molecule has 0 aliphatic heterocycles. The number of rotatable bonds is 17. The summed E-state index contributed by atoms with van der Waals surface area (Å²) in [5.41, 5.74) is 5.69. The number of ether oxygens (including phenoxy) is 1. The van der Waals surface area contributed by atoms with Crippen molar-refractivity contribution in [3.8, 4) is 0 Å². The van der Waals surface area contributed by atoms with E-state index in [2.05, 4.69) is 61.2 Å². The van der Waals surface area contributed by atoms with Gasteiger partial charge in [0.1, 0.15) is 0 Å². The Kier molecular flexibility index (Phi) is 13.7. The molecule has 0 spiro atoms. The number of aryl methyl sites for hydroxylation is 3. The highest BCUT2D eigenvalue weighted by atomic mass is 16.5. The minimum Gasteiger partial charge on any atom is -0.373 e. The molecule has 196 valence electrons. The van der Waals surface area contributed by atoms with Crippen LogP contribution in [0.2, 0.25) is 0 Å². The second-order valence-corrected chi connectivity index (χ2v) is 10.9. The van der Waals surface area contributed by atoms with Crippen LogP contribution in [0.1, 0.15) is 99.8 Å². The van der Waals surface area contributed by atoms with Crippen molar-refractivity contribution in [1.82, 2.24) is 0 Å². The maximum absolute atomic E-state index is 5.63. The molecule has 0 unspecified atom stereocenters. The highest BCUT2D eigenvalue weighted by molar-refractivity contribution is 5.23. The Morgan fingerprint density at radius 2 is 1.17 bits per heavy atom. The summed E-state index contributed by atoms with van der Waals surface area (Å²) in [7, 11) is 0. The quantitative estimate of drug-likeness (QED) is 0.160. The van der Waals surface area contributed by atoms with E-state index in [1.807, 2.05) is 19.1 Å². The number of benzene rings is 2. The topological polar surface area (TPSA) is 9.23 Å². The molecule has 2 aromatic carbocycles. The molecule has 0 bridgehead atoms. The Bertz CT molecular complexity index is 853. The van der Waals surface area contributed by atoms with Crippen LogP contribution in [0.3, 0.4) is 0 Å². The fourth-order valence-electron chi connectivity index (χ4n) is 5.60. The van der Waals surface area contributed by atoms with E-state index in [-0.39, 0.29) is 0 Å². The van der Waals surface area contributed by atoms with E-state index in [0.29, 0.717) is 13.2 Å². The normalized spacial score (nSPS) is 18.0. The molecule has 1 saturated carbocycles. The molecular weight excluding hydrogens is 436 g/mol. The fraction of sp³-hybridized carbons (Fsp3) is 0.543. The lowest BCUT2D eigenvalue weighted by Gasteiger charge is -2.28. The minimum atomic E-state index is 0.692. The van der Waals surface area contributed by atoms with Gasteiger partial charge in [0.15, 0.2) is 0 Å². The molecule has 1 nitrogen and oxygen atoms in total. The van der Waals surface area contributed by atoms with Crippen molar-refractivity contribution in [2.24, 2.45) is 11.8 Å². The van der Waals surface area contributed by atoms with Crippen LogP contribution in [0.25, 0.3) is 0 Å². The third kappa shape index (κ3) is 11.3. The van der Waals surface area contributed by atoms with Crippen LogP contribution in [0.5, 0.6) is 0 Å². The number of allylic oxidation sites excluding steroid dienone is 2. The molecule has 1 heteroatoms. The van der Waals surface area contributed by atoms with Gasteiger partial charge >= 0.3 is 0 Å². The number of hydrogen-bond donors (Lipinski definition) is 0. The van der Waals surface area contributed by atoms with E-state index in [1.54, 1.807) is 0 Å². The highest BCUT2D eigenvalue weighted by Crippen LogP contribution is 2.34. The third-order valence-corrected chi connectivity index (χ3v) is 8.02. The summed E-state index contributed by atoms with van der Waals surface area (Å²) >= 11 is 0. The monoisotopic (exact) mass is 486 g/mol. The fourth-order valence-corrected chi connectivity index (χ4v) is 5.60. The Morgan fingerprint density at radius 3 is 1.67 bits per heavy atom. The average Bonchev–Trinajstić information content (AvgIpc) is 2.92. The van der Waals surface area contributed by atoms with Gasteiger partial charge in [-0.25, -0.2) is 0 Å². The van der Waals surface area contributed by atoms with Crippen molar-refractivity contribution in [3.05, 3.63) is 95.6 Å². The summed E-state index contributed by atoms with van der Waals surface area (Å²) in [4.78, 5) is 0. The van der Waals surface area contributed by atoms with Gasteiger partial charge in [0, 0.05) is 0 Å². The molecule has 2 aromatic rings. The largest absolute Gasteiger partial charge is 0.373 e. The van der Waals surface area contributed by atoms with Gasteiger partial charge in [-0.05, 0) is 92.4 Å². The van der Waals surface area contributed by atoms with E-state index in [4.69, 9.17) is 4.74 Å². The first-order valence-electron chi connectivity index (χ1n) is 14.7. The Balaban J connectivity index is 1.23. The molecule has 36 heavy (non-hydrogen) atoms. The first-order valence-corrected chi connectivity index (χ1v) is 14.7. The Labute approximate surface area is 222 Å². The molecule has 0 radical (unpaired) electrons. The van der Waals surface area contributed by atoms with E-state index < -0.39 is 0 Å². The molecule has 0 saturated heterocycles. The second kappa shape index (κ2) is 17.4. The first kappa shape index (κ1) is 28.5. The zero-order valence-corrected chi connectivity index (χ0v) is 22.9. The van der Waals surface area contributed by atoms with Gasteiger partial charge in [-0.1, -0.05) is 105 Å². The van der Waals surface area contributed by atoms with Crippen molar-refractivity contribution < 1.29 is 4.74 Å². The molecule has 0 heterocycles. The minimum absolute atomic E-state index is 0.692. The number of unbranched alkanes of at least 4 members (excludes halogenated alkanes) is 2. The second-order valence-electron chi connectivity index (χ2n) is 10.9. The van der Waals surface area contributed by atoms with Crippen LogP contribution in [0.4, 0.5) is 0 Å².